The van der Waals surface area contributed by atoms with Crippen LogP contribution in [0.1, 0.15) is 31.9 Å². The maximum atomic E-state index is 11.6. The van der Waals surface area contributed by atoms with Crippen LogP contribution in [-0.4, -0.2) is 23.0 Å². The van der Waals surface area contributed by atoms with E-state index in [4.69, 9.17) is 10.8 Å². The minimum atomic E-state index is -1.55. The van der Waals surface area contributed by atoms with Crippen LogP contribution in [-0.2, 0) is 15.0 Å². The normalized spacial score (nSPS) is 12.9. The van der Waals surface area contributed by atoms with Gasteiger partial charge >= 0.3 is 5.97 Å². The van der Waals surface area contributed by atoms with Crippen LogP contribution in [0.2, 0.25) is 0 Å². The molecule has 0 fully saturated rings. The molecule has 0 aliphatic rings. The molecule has 0 aliphatic carbocycles. The second kappa shape index (κ2) is 5.40. The van der Waals surface area contributed by atoms with Gasteiger partial charge < -0.3 is 16.2 Å². The summed E-state index contributed by atoms with van der Waals surface area (Å²) in [5.41, 5.74) is 7.86. The van der Waals surface area contributed by atoms with Crippen LogP contribution in [0.5, 0.6) is 0 Å². The number of nitrogens with one attached hydrogen (secondary N) is 1. The third-order valence-electron chi connectivity index (χ3n) is 2.90. The van der Waals surface area contributed by atoms with Crippen molar-refractivity contribution < 1.29 is 14.7 Å². The monoisotopic (exact) mass is 264 g/mol. The summed E-state index contributed by atoms with van der Waals surface area (Å²) in [5.74, 6) is -2.07. The second-order valence-electron chi connectivity index (χ2n) is 5.58. The highest BCUT2D eigenvalue weighted by molar-refractivity contribution is 6.07. The van der Waals surface area contributed by atoms with Crippen LogP contribution in [0.4, 0.5) is 5.69 Å². The zero-order valence-corrected chi connectivity index (χ0v) is 11.7. The number of carboxylic acid groups (broad SMARTS) is 1. The zero-order chi connectivity index (χ0) is 14.8. The Morgan fingerprint density at radius 1 is 1.32 bits per heavy atom. The lowest BCUT2D eigenvalue weighted by molar-refractivity contribution is -0.141. The van der Waals surface area contributed by atoms with Gasteiger partial charge in [0.1, 0.15) is 0 Å². The van der Waals surface area contributed by atoms with Gasteiger partial charge in [-0.05, 0) is 29.5 Å². The standard InChI is InChI=1S/C14H20N2O3/c1-8-7-9(14(2,3)4)5-6-10(8)16-12(17)11(15)13(18)19/h5-7,11H,15H2,1-4H3,(H,16,17)(H,18,19). The highest BCUT2D eigenvalue weighted by Gasteiger charge is 2.22. The molecule has 1 unspecified atom stereocenters. The summed E-state index contributed by atoms with van der Waals surface area (Å²) in [6, 6.07) is 4.10. The Hall–Kier alpha value is -1.88. The molecule has 19 heavy (non-hydrogen) atoms. The number of amides is 1. The van der Waals surface area contributed by atoms with Crippen molar-refractivity contribution in [3.05, 3.63) is 29.3 Å². The van der Waals surface area contributed by atoms with Gasteiger partial charge in [-0.1, -0.05) is 32.9 Å². The van der Waals surface area contributed by atoms with Crippen LogP contribution in [0.25, 0.3) is 0 Å². The number of carboxylic acids is 1. The summed E-state index contributed by atoms with van der Waals surface area (Å²) in [7, 11) is 0. The Morgan fingerprint density at radius 3 is 2.32 bits per heavy atom. The zero-order valence-electron chi connectivity index (χ0n) is 11.7. The average Bonchev–Trinajstić information content (AvgIpc) is 2.29. The Balaban J connectivity index is 2.93. The number of benzene rings is 1. The number of aryl methyl sites for hydroxylation is 1. The number of hydrogen-bond donors (Lipinski definition) is 3. The molecule has 1 amide bonds. The van der Waals surface area contributed by atoms with Crippen molar-refractivity contribution >= 4 is 17.6 Å². The molecular weight excluding hydrogens is 244 g/mol. The molecule has 0 aromatic heterocycles. The highest BCUT2D eigenvalue weighted by atomic mass is 16.4. The lowest BCUT2D eigenvalue weighted by Crippen LogP contribution is -2.42. The molecule has 1 aromatic carbocycles. The number of aliphatic carboxylic acids is 1. The molecule has 0 heterocycles. The van der Waals surface area contributed by atoms with Gasteiger partial charge in [0, 0.05) is 5.69 Å². The van der Waals surface area contributed by atoms with E-state index in [0.717, 1.165) is 11.1 Å². The van der Waals surface area contributed by atoms with Gasteiger partial charge in [0.2, 0.25) is 0 Å². The fourth-order valence-electron chi connectivity index (χ4n) is 1.59. The van der Waals surface area contributed by atoms with Gasteiger partial charge in [-0.3, -0.25) is 4.79 Å². The number of rotatable bonds is 3. The van der Waals surface area contributed by atoms with E-state index in [0.29, 0.717) is 5.69 Å². The van der Waals surface area contributed by atoms with Gasteiger partial charge in [-0.2, -0.15) is 0 Å². The number of nitrogens with two attached hydrogens (primary N) is 1. The molecule has 1 rings (SSSR count). The number of anilines is 1. The average molecular weight is 264 g/mol. The first-order chi connectivity index (χ1) is 8.62. The lowest BCUT2D eigenvalue weighted by atomic mass is 9.86. The van der Waals surface area contributed by atoms with E-state index < -0.39 is 17.9 Å². The van der Waals surface area contributed by atoms with E-state index in [1.807, 2.05) is 19.1 Å². The summed E-state index contributed by atoms with van der Waals surface area (Å²) in [6.45, 7) is 8.15. The maximum Gasteiger partial charge on any atom is 0.330 e. The van der Waals surface area contributed by atoms with Crippen LogP contribution in [0, 0.1) is 6.92 Å². The molecule has 0 radical (unpaired) electrons. The van der Waals surface area contributed by atoms with E-state index in [2.05, 4.69) is 26.1 Å². The van der Waals surface area contributed by atoms with Crippen LogP contribution >= 0.6 is 0 Å². The van der Waals surface area contributed by atoms with Crippen molar-refractivity contribution in [2.75, 3.05) is 5.32 Å². The molecule has 0 aliphatic heterocycles. The molecule has 5 heteroatoms. The predicted octanol–water partition coefficient (Wildman–Crippen LogP) is 1.64. The third-order valence-corrected chi connectivity index (χ3v) is 2.90. The minimum absolute atomic E-state index is 0.0186. The van der Waals surface area contributed by atoms with Crippen molar-refractivity contribution in [2.24, 2.45) is 5.73 Å². The maximum absolute atomic E-state index is 11.6. The fraction of sp³-hybridized carbons (Fsp3) is 0.429. The largest absolute Gasteiger partial charge is 0.480 e. The topological polar surface area (TPSA) is 92.4 Å². The highest BCUT2D eigenvalue weighted by Crippen LogP contribution is 2.26. The molecule has 5 nitrogen and oxygen atoms in total. The van der Waals surface area contributed by atoms with E-state index in [9.17, 15) is 9.59 Å². The Labute approximate surface area is 112 Å². The molecule has 4 N–H and O–H groups in total. The van der Waals surface area contributed by atoms with Gasteiger partial charge in [0.25, 0.3) is 5.91 Å². The second-order valence-corrected chi connectivity index (χ2v) is 5.58. The first-order valence-electron chi connectivity index (χ1n) is 6.03. The van der Waals surface area contributed by atoms with Crippen LogP contribution in [0.3, 0.4) is 0 Å². The summed E-state index contributed by atoms with van der Waals surface area (Å²) >= 11 is 0. The summed E-state index contributed by atoms with van der Waals surface area (Å²) in [6.07, 6.45) is 0. The van der Waals surface area contributed by atoms with E-state index in [1.165, 1.54) is 0 Å². The van der Waals surface area contributed by atoms with Gasteiger partial charge in [0.15, 0.2) is 6.04 Å². The van der Waals surface area contributed by atoms with Crippen LogP contribution < -0.4 is 11.1 Å². The van der Waals surface area contributed by atoms with E-state index >= 15 is 0 Å². The SMILES string of the molecule is Cc1cc(C(C)(C)C)ccc1NC(=O)C(N)C(=O)O. The first kappa shape index (κ1) is 15.2. The molecule has 0 spiro atoms. The minimum Gasteiger partial charge on any atom is -0.480 e. The Bertz CT molecular complexity index is 504. The summed E-state index contributed by atoms with van der Waals surface area (Å²) in [5, 5.41) is 11.2. The fourth-order valence-corrected chi connectivity index (χ4v) is 1.59. The van der Waals surface area contributed by atoms with Crippen molar-refractivity contribution in [3.8, 4) is 0 Å². The van der Waals surface area contributed by atoms with Crippen molar-refractivity contribution in [1.82, 2.24) is 0 Å². The lowest BCUT2D eigenvalue weighted by Gasteiger charge is -2.21. The van der Waals surface area contributed by atoms with Gasteiger partial charge in [-0.25, -0.2) is 4.79 Å². The Morgan fingerprint density at radius 2 is 1.89 bits per heavy atom. The quantitative estimate of drug-likeness (QED) is 0.724. The smallest absolute Gasteiger partial charge is 0.330 e. The van der Waals surface area contributed by atoms with Gasteiger partial charge in [-0.15, -0.1) is 0 Å². The van der Waals surface area contributed by atoms with E-state index in [-0.39, 0.29) is 5.41 Å². The van der Waals surface area contributed by atoms with E-state index in [1.54, 1.807) is 6.07 Å². The molecule has 0 saturated carbocycles. The molecule has 1 atom stereocenters. The predicted molar refractivity (Wildman–Crippen MR) is 74.1 cm³/mol. The number of hydrogen-bond acceptors (Lipinski definition) is 3. The van der Waals surface area contributed by atoms with Crippen molar-refractivity contribution in [1.29, 1.82) is 0 Å². The summed E-state index contributed by atoms with van der Waals surface area (Å²) in [4.78, 5) is 22.2. The van der Waals surface area contributed by atoms with Gasteiger partial charge in [0.05, 0.1) is 0 Å². The molecule has 104 valence electrons. The number of carbonyl (C=O) groups is 2. The third kappa shape index (κ3) is 3.79. The molecule has 0 saturated heterocycles. The van der Waals surface area contributed by atoms with Crippen LogP contribution in [0.15, 0.2) is 18.2 Å². The Kier molecular flexibility index (Phi) is 4.32. The van der Waals surface area contributed by atoms with Crippen molar-refractivity contribution in [3.63, 3.8) is 0 Å². The number of carbonyl (C=O) groups excluding carboxylic acids is 1. The summed E-state index contributed by atoms with van der Waals surface area (Å²) < 4.78 is 0. The first-order valence-corrected chi connectivity index (χ1v) is 6.03. The van der Waals surface area contributed by atoms with Crippen molar-refractivity contribution in [2.45, 2.75) is 39.2 Å². The molecule has 0 bridgehead atoms. The molecular formula is C14H20N2O3. The molecule has 1 aromatic rings.